The fourth-order valence-corrected chi connectivity index (χ4v) is 1.85. The second-order valence-corrected chi connectivity index (χ2v) is 6.28. The molecule has 0 aromatic heterocycles. The zero-order chi connectivity index (χ0) is 9.14. The Morgan fingerprint density at radius 2 is 1.75 bits per heavy atom. The van der Waals surface area contributed by atoms with Crippen molar-refractivity contribution in [3.05, 3.63) is 35.4 Å². The highest BCUT2D eigenvalue weighted by Gasteiger charge is 2.17. The highest BCUT2D eigenvalue weighted by atomic mass is 35.7. The van der Waals surface area contributed by atoms with Crippen LogP contribution in [0, 0.1) is 6.92 Å². The minimum absolute atomic E-state index is 0.150. The van der Waals surface area contributed by atoms with E-state index in [9.17, 15) is 4.79 Å². The number of rotatable bonds is 2. The maximum Gasteiger partial charge on any atom is 0.354 e. The lowest BCUT2D eigenvalue weighted by Crippen LogP contribution is -2.12. The second-order valence-electron chi connectivity index (χ2n) is 2.46. The smallest absolute Gasteiger partial charge is 0.297 e. The van der Waals surface area contributed by atoms with Gasteiger partial charge >= 0.3 is 7.42 Å². The molecule has 0 fully saturated rings. The molecular weight excluding hydrogens is 211 g/mol. The summed E-state index contributed by atoms with van der Waals surface area (Å²) in [6, 6.07) is 7.22. The Kier molecular flexibility index (Phi) is 3.32. The number of benzene rings is 1. The molecule has 1 aromatic carbocycles. The predicted octanol–water partition coefficient (Wildman–Crippen LogP) is 2.68. The lowest BCUT2D eigenvalue weighted by Gasteiger charge is -1.98. The lowest BCUT2D eigenvalue weighted by atomic mass is 10.2. The Balaban J connectivity index is 2.90. The first kappa shape index (κ1) is 9.77. The van der Waals surface area contributed by atoms with Gasteiger partial charge in [0.15, 0.2) is 5.41 Å². The monoisotopic (exact) mass is 217 g/mol. The first-order valence-corrected chi connectivity index (χ1v) is 6.93. The molecule has 0 saturated heterocycles. The van der Waals surface area contributed by atoms with Crippen LogP contribution in [0.3, 0.4) is 0 Å². The van der Waals surface area contributed by atoms with Crippen LogP contribution in [0.5, 0.6) is 0 Å². The van der Waals surface area contributed by atoms with Crippen molar-refractivity contribution < 1.29 is 4.79 Å². The maximum atomic E-state index is 11.2. The van der Waals surface area contributed by atoms with Crippen LogP contribution < -0.4 is 0 Å². The van der Waals surface area contributed by atoms with Crippen LogP contribution in [-0.2, 0) is 0 Å². The van der Waals surface area contributed by atoms with Gasteiger partial charge < -0.3 is 0 Å². The third kappa shape index (κ3) is 2.34. The largest absolute Gasteiger partial charge is 0.354 e. The summed E-state index contributed by atoms with van der Waals surface area (Å²) >= 11 is 11.0. The van der Waals surface area contributed by atoms with Gasteiger partial charge in [-0.15, -0.1) is 22.2 Å². The molecule has 1 radical (unpaired) electrons. The highest BCUT2D eigenvalue weighted by molar-refractivity contribution is 7.47. The highest BCUT2D eigenvalue weighted by Crippen LogP contribution is 2.09. The van der Waals surface area contributed by atoms with Crippen molar-refractivity contribution in [3.8, 4) is 0 Å². The third-order valence-electron chi connectivity index (χ3n) is 1.49. The number of aryl methyl sites for hydroxylation is 1. The van der Waals surface area contributed by atoms with Gasteiger partial charge in [0.05, 0.1) is 0 Å². The fraction of sp³-hybridized carbons (Fsp3) is 0.125. The molecule has 0 saturated carbocycles. The van der Waals surface area contributed by atoms with Gasteiger partial charge in [0.25, 0.3) is 0 Å². The average molecular weight is 218 g/mol. The van der Waals surface area contributed by atoms with E-state index in [2.05, 4.69) is 0 Å². The Labute approximate surface area is 82.3 Å². The summed E-state index contributed by atoms with van der Waals surface area (Å²) in [7, 11) is -1.87. The first-order valence-electron chi connectivity index (χ1n) is 3.40. The molecule has 0 amide bonds. The third-order valence-corrected chi connectivity index (χ3v) is 3.15. The van der Waals surface area contributed by atoms with Crippen LogP contribution in [0.4, 0.5) is 0 Å². The van der Waals surface area contributed by atoms with E-state index >= 15 is 0 Å². The summed E-state index contributed by atoms with van der Waals surface area (Å²) in [4.78, 5) is 11.2. The molecule has 0 aliphatic carbocycles. The Morgan fingerprint density at radius 3 is 2.17 bits per heavy atom. The van der Waals surface area contributed by atoms with Crippen molar-refractivity contribution in [3.63, 3.8) is 0 Å². The molecule has 1 nitrogen and oxygen atoms in total. The lowest BCUT2D eigenvalue weighted by molar-refractivity contribution is 0.107. The van der Waals surface area contributed by atoms with Crippen LogP contribution >= 0.6 is 22.2 Å². The number of hydrogen-bond acceptors (Lipinski definition) is 1. The van der Waals surface area contributed by atoms with Crippen LogP contribution in [-0.4, -0.2) is 12.8 Å². The van der Waals surface area contributed by atoms with Crippen LogP contribution in [0.15, 0.2) is 24.3 Å². The molecule has 4 heteroatoms. The van der Waals surface area contributed by atoms with Crippen molar-refractivity contribution >= 4 is 35.0 Å². The van der Waals surface area contributed by atoms with E-state index in [0.717, 1.165) is 5.56 Å². The van der Waals surface area contributed by atoms with Gasteiger partial charge in [-0.05, 0) is 6.92 Å². The molecular formula is C8H7Cl2OSi. The zero-order valence-electron chi connectivity index (χ0n) is 6.47. The standard InChI is InChI=1S/C8H7Cl2OSi/c1-6-2-4-7(5-3-6)8(11)12(9)10/h2-5H,1H3. The number of hydrogen-bond donors (Lipinski definition) is 0. The summed E-state index contributed by atoms with van der Waals surface area (Å²) < 4.78 is 0. The minimum atomic E-state index is -1.87. The van der Waals surface area contributed by atoms with E-state index in [4.69, 9.17) is 22.2 Å². The van der Waals surface area contributed by atoms with Crippen molar-refractivity contribution in [2.75, 3.05) is 0 Å². The van der Waals surface area contributed by atoms with Crippen molar-refractivity contribution in [1.29, 1.82) is 0 Å². The van der Waals surface area contributed by atoms with Gasteiger partial charge in [-0.1, -0.05) is 29.8 Å². The number of carbonyl (C=O) groups is 1. The van der Waals surface area contributed by atoms with Crippen molar-refractivity contribution in [1.82, 2.24) is 0 Å². The molecule has 0 atom stereocenters. The summed E-state index contributed by atoms with van der Waals surface area (Å²) in [5.41, 5.74) is 1.71. The molecule has 0 spiro atoms. The molecule has 63 valence electrons. The topological polar surface area (TPSA) is 17.1 Å². The van der Waals surface area contributed by atoms with E-state index in [1.54, 1.807) is 12.1 Å². The Bertz CT molecular complexity index is 282. The van der Waals surface area contributed by atoms with E-state index in [0.29, 0.717) is 5.56 Å². The molecule has 0 aliphatic rings. The molecule has 1 aromatic rings. The molecule has 0 unspecified atom stereocenters. The van der Waals surface area contributed by atoms with Gasteiger partial charge in [-0.2, -0.15) is 0 Å². The summed E-state index contributed by atoms with van der Waals surface area (Å²) in [5, 5.41) is -0.150. The Hall–Kier alpha value is -0.313. The fourth-order valence-electron chi connectivity index (χ4n) is 0.814. The van der Waals surface area contributed by atoms with Crippen molar-refractivity contribution in [2.45, 2.75) is 6.92 Å². The van der Waals surface area contributed by atoms with E-state index in [1.165, 1.54) is 0 Å². The maximum absolute atomic E-state index is 11.2. The SMILES string of the molecule is Cc1ccc(C(=O)[Si](Cl)Cl)cc1. The van der Waals surface area contributed by atoms with Crippen LogP contribution in [0.1, 0.15) is 15.9 Å². The summed E-state index contributed by atoms with van der Waals surface area (Å²) in [6.45, 7) is 1.96. The van der Waals surface area contributed by atoms with Crippen LogP contribution in [0.25, 0.3) is 0 Å². The summed E-state index contributed by atoms with van der Waals surface area (Å²) in [5.74, 6) is 0. The minimum Gasteiger partial charge on any atom is -0.297 e. The van der Waals surface area contributed by atoms with Gasteiger partial charge in [0.1, 0.15) is 0 Å². The second kappa shape index (κ2) is 4.08. The predicted molar refractivity (Wildman–Crippen MR) is 53.0 cm³/mol. The van der Waals surface area contributed by atoms with E-state index < -0.39 is 7.42 Å². The molecule has 1 rings (SSSR count). The normalized spacial score (nSPS) is 10.3. The van der Waals surface area contributed by atoms with Crippen LogP contribution in [0.2, 0.25) is 0 Å². The zero-order valence-corrected chi connectivity index (χ0v) is 8.99. The molecule has 12 heavy (non-hydrogen) atoms. The molecule has 0 N–H and O–H groups in total. The van der Waals surface area contributed by atoms with Gasteiger partial charge in [-0.3, -0.25) is 4.79 Å². The van der Waals surface area contributed by atoms with Crippen molar-refractivity contribution in [2.24, 2.45) is 0 Å². The first-order chi connectivity index (χ1) is 5.61. The summed E-state index contributed by atoms with van der Waals surface area (Å²) in [6.07, 6.45) is 0. The van der Waals surface area contributed by atoms with Gasteiger partial charge in [0.2, 0.25) is 0 Å². The molecule has 0 aliphatic heterocycles. The van der Waals surface area contributed by atoms with Gasteiger partial charge in [-0.25, -0.2) is 0 Å². The van der Waals surface area contributed by atoms with Gasteiger partial charge in [0, 0.05) is 5.56 Å². The number of halogens is 2. The quantitative estimate of drug-likeness (QED) is 0.551. The molecule has 0 heterocycles. The van der Waals surface area contributed by atoms with E-state index in [1.807, 2.05) is 19.1 Å². The average Bonchev–Trinajstić information content (AvgIpc) is 2.04. The number of carbonyl (C=O) groups excluding carboxylic acids is 1. The van der Waals surface area contributed by atoms with E-state index in [-0.39, 0.29) is 5.41 Å². The Morgan fingerprint density at radius 1 is 1.25 bits per heavy atom. The molecule has 0 bridgehead atoms.